The highest BCUT2D eigenvalue weighted by Crippen LogP contribution is 2.13. The standard InChI is InChI=1S/C9H16Br2O2/c1-7(2)13-9(12)8(11)5-3-4-6-10/h7-8H,3-6H2,1-2H3. The molecule has 2 nitrogen and oxygen atoms in total. The van der Waals surface area contributed by atoms with Crippen molar-refractivity contribution in [1.82, 2.24) is 0 Å². The number of rotatable bonds is 6. The van der Waals surface area contributed by atoms with E-state index >= 15 is 0 Å². The molecule has 0 fully saturated rings. The molecule has 0 aliphatic rings. The van der Waals surface area contributed by atoms with Gasteiger partial charge in [0, 0.05) is 5.33 Å². The molecule has 0 amide bonds. The van der Waals surface area contributed by atoms with Gasteiger partial charge in [-0.05, 0) is 26.7 Å². The van der Waals surface area contributed by atoms with E-state index in [1.807, 2.05) is 13.8 Å². The Morgan fingerprint density at radius 1 is 1.38 bits per heavy atom. The molecule has 0 radical (unpaired) electrons. The molecule has 4 heteroatoms. The molecular formula is C9H16Br2O2. The predicted octanol–water partition coefficient (Wildman–Crippen LogP) is 3.27. The summed E-state index contributed by atoms with van der Waals surface area (Å²) < 4.78 is 5.05. The first-order valence-corrected chi connectivity index (χ1v) is 6.52. The number of hydrogen-bond donors (Lipinski definition) is 0. The van der Waals surface area contributed by atoms with Gasteiger partial charge < -0.3 is 4.74 Å². The van der Waals surface area contributed by atoms with Crippen molar-refractivity contribution in [3.63, 3.8) is 0 Å². The average Bonchev–Trinajstić information content (AvgIpc) is 2.03. The van der Waals surface area contributed by atoms with Crippen LogP contribution < -0.4 is 0 Å². The predicted molar refractivity (Wildman–Crippen MR) is 61.6 cm³/mol. The third kappa shape index (κ3) is 7.50. The monoisotopic (exact) mass is 314 g/mol. The lowest BCUT2D eigenvalue weighted by Crippen LogP contribution is -2.21. The van der Waals surface area contributed by atoms with Crippen molar-refractivity contribution in [1.29, 1.82) is 0 Å². The SMILES string of the molecule is CC(C)OC(=O)C(Br)CCCCBr. The molecule has 13 heavy (non-hydrogen) atoms. The fourth-order valence-corrected chi connectivity index (χ4v) is 1.67. The number of hydrogen-bond acceptors (Lipinski definition) is 2. The van der Waals surface area contributed by atoms with Crippen LogP contribution in [0.4, 0.5) is 0 Å². The first kappa shape index (κ1) is 13.4. The molecule has 0 spiro atoms. The van der Waals surface area contributed by atoms with Crippen LogP contribution in [0.3, 0.4) is 0 Å². The average molecular weight is 316 g/mol. The molecule has 1 atom stereocenters. The van der Waals surface area contributed by atoms with Crippen molar-refractivity contribution in [2.45, 2.75) is 44.0 Å². The van der Waals surface area contributed by atoms with Crippen LogP contribution in [0.2, 0.25) is 0 Å². The first-order valence-electron chi connectivity index (χ1n) is 4.48. The second-order valence-electron chi connectivity index (χ2n) is 3.14. The second kappa shape index (κ2) is 7.80. The Bertz CT molecular complexity index is 149. The van der Waals surface area contributed by atoms with Crippen molar-refractivity contribution in [2.75, 3.05) is 5.33 Å². The maximum atomic E-state index is 11.3. The zero-order valence-electron chi connectivity index (χ0n) is 8.06. The van der Waals surface area contributed by atoms with Crippen LogP contribution in [0.25, 0.3) is 0 Å². The highest BCUT2D eigenvalue weighted by molar-refractivity contribution is 9.10. The molecule has 0 bridgehead atoms. The van der Waals surface area contributed by atoms with Gasteiger partial charge in [-0.1, -0.05) is 38.3 Å². The lowest BCUT2D eigenvalue weighted by Gasteiger charge is -2.11. The molecule has 0 rings (SSSR count). The number of alkyl halides is 2. The molecule has 0 saturated heterocycles. The van der Waals surface area contributed by atoms with E-state index < -0.39 is 0 Å². The highest BCUT2D eigenvalue weighted by atomic mass is 79.9. The molecule has 0 N–H and O–H groups in total. The molecule has 0 aliphatic carbocycles. The van der Waals surface area contributed by atoms with Crippen LogP contribution >= 0.6 is 31.9 Å². The van der Waals surface area contributed by atoms with Crippen molar-refractivity contribution in [3.05, 3.63) is 0 Å². The van der Waals surface area contributed by atoms with Gasteiger partial charge in [-0.25, -0.2) is 0 Å². The molecule has 0 saturated carbocycles. The second-order valence-corrected chi connectivity index (χ2v) is 5.04. The minimum Gasteiger partial charge on any atom is -0.462 e. The Kier molecular flexibility index (Phi) is 8.06. The topological polar surface area (TPSA) is 26.3 Å². The fourth-order valence-electron chi connectivity index (χ4n) is 0.842. The maximum Gasteiger partial charge on any atom is 0.319 e. The summed E-state index contributed by atoms with van der Waals surface area (Å²) in [6, 6.07) is 0. The van der Waals surface area contributed by atoms with E-state index in [0.29, 0.717) is 0 Å². The van der Waals surface area contributed by atoms with E-state index in [-0.39, 0.29) is 16.9 Å². The minimum atomic E-state index is -0.149. The van der Waals surface area contributed by atoms with Crippen LogP contribution in [0.1, 0.15) is 33.1 Å². The Hall–Kier alpha value is 0.430. The lowest BCUT2D eigenvalue weighted by atomic mass is 10.2. The summed E-state index contributed by atoms with van der Waals surface area (Å²) in [7, 11) is 0. The quantitative estimate of drug-likeness (QED) is 0.427. The van der Waals surface area contributed by atoms with Crippen molar-refractivity contribution < 1.29 is 9.53 Å². The van der Waals surface area contributed by atoms with Gasteiger partial charge in [0.25, 0.3) is 0 Å². The van der Waals surface area contributed by atoms with Gasteiger partial charge in [0.15, 0.2) is 0 Å². The van der Waals surface area contributed by atoms with Gasteiger partial charge in [0.05, 0.1) is 6.10 Å². The summed E-state index contributed by atoms with van der Waals surface area (Å²) in [6.07, 6.45) is 2.95. The minimum absolute atomic E-state index is 0.0243. The summed E-state index contributed by atoms with van der Waals surface area (Å²) in [5.41, 5.74) is 0. The van der Waals surface area contributed by atoms with E-state index in [0.717, 1.165) is 24.6 Å². The number of unbranched alkanes of at least 4 members (excludes halogenated alkanes) is 1. The maximum absolute atomic E-state index is 11.3. The summed E-state index contributed by atoms with van der Waals surface area (Å²) in [5, 5.41) is 0.992. The van der Waals surface area contributed by atoms with Gasteiger partial charge >= 0.3 is 5.97 Å². The molecule has 0 aromatic heterocycles. The number of carbonyl (C=O) groups excluding carboxylic acids is 1. The van der Waals surface area contributed by atoms with Gasteiger partial charge in [-0.2, -0.15) is 0 Å². The lowest BCUT2D eigenvalue weighted by molar-refractivity contribution is -0.146. The third-order valence-electron chi connectivity index (χ3n) is 1.45. The fraction of sp³-hybridized carbons (Fsp3) is 0.889. The Morgan fingerprint density at radius 3 is 2.46 bits per heavy atom. The Labute approximate surface area is 96.7 Å². The highest BCUT2D eigenvalue weighted by Gasteiger charge is 2.16. The zero-order chi connectivity index (χ0) is 10.3. The molecule has 0 aromatic rings. The largest absolute Gasteiger partial charge is 0.462 e. The van der Waals surface area contributed by atoms with E-state index in [9.17, 15) is 4.79 Å². The zero-order valence-corrected chi connectivity index (χ0v) is 11.2. The van der Waals surface area contributed by atoms with Gasteiger partial charge in [-0.15, -0.1) is 0 Å². The first-order chi connectivity index (χ1) is 6.07. The summed E-state index contributed by atoms with van der Waals surface area (Å²) in [6.45, 7) is 3.71. The van der Waals surface area contributed by atoms with Crippen LogP contribution in [0.15, 0.2) is 0 Å². The van der Waals surface area contributed by atoms with E-state index in [4.69, 9.17) is 4.74 Å². The van der Waals surface area contributed by atoms with E-state index in [1.54, 1.807) is 0 Å². The molecule has 1 unspecified atom stereocenters. The van der Waals surface area contributed by atoms with E-state index in [1.165, 1.54) is 0 Å². The number of esters is 1. The third-order valence-corrected chi connectivity index (χ3v) is 2.84. The summed E-state index contributed by atoms with van der Waals surface area (Å²) >= 11 is 6.66. The van der Waals surface area contributed by atoms with Crippen molar-refractivity contribution >= 4 is 37.8 Å². The molecular weight excluding hydrogens is 300 g/mol. The molecule has 0 heterocycles. The van der Waals surface area contributed by atoms with Crippen molar-refractivity contribution in [2.24, 2.45) is 0 Å². The number of halogens is 2. The van der Waals surface area contributed by atoms with Crippen LogP contribution in [-0.2, 0) is 9.53 Å². The summed E-state index contributed by atoms with van der Waals surface area (Å²) in [4.78, 5) is 11.1. The summed E-state index contributed by atoms with van der Waals surface area (Å²) in [5.74, 6) is -0.149. The molecule has 0 aromatic carbocycles. The normalized spacial score (nSPS) is 13.0. The van der Waals surface area contributed by atoms with Crippen LogP contribution in [0.5, 0.6) is 0 Å². The smallest absolute Gasteiger partial charge is 0.319 e. The number of carbonyl (C=O) groups is 1. The van der Waals surface area contributed by atoms with Crippen molar-refractivity contribution in [3.8, 4) is 0 Å². The van der Waals surface area contributed by atoms with E-state index in [2.05, 4.69) is 31.9 Å². The number of ether oxygens (including phenoxy) is 1. The molecule has 0 aliphatic heterocycles. The van der Waals surface area contributed by atoms with Gasteiger partial charge in [0.2, 0.25) is 0 Å². The molecule has 78 valence electrons. The van der Waals surface area contributed by atoms with Crippen LogP contribution in [0, 0.1) is 0 Å². The Balaban J connectivity index is 3.57. The Morgan fingerprint density at radius 2 is 2.00 bits per heavy atom. The van der Waals surface area contributed by atoms with Gasteiger partial charge in [-0.3, -0.25) is 4.79 Å². The van der Waals surface area contributed by atoms with Crippen LogP contribution in [-0.4, -0.2) is 22.2 Å². The van der Waals surface area contributed by atoms with Gasteiger partial charge in [0.1, 0.15) is 4.83 Å².